The quantitative estimate of drug-likeness (QED) is 0.573. The van der Waals surface area contributed by atoms with Gasteiger partial charge in [0.05, 0.1) is 0 Å². The number of nitrogens with one attached hydrogen (secondary N) is 1. The van der Waals surface area contributed by atoms with E-state index in [1.54, 1.807) is 13.8 Å². The first-order chi connectivity index (χ1) is 8.68. The Hall–Kier alpha value is -1.58. The minimum Gasteiger partial charge on any atom is -0.396 e. The van der Waals surface area contributed by atoms with E-state index < -0.39 is 26.2 Å². The van der Waals surface area contributed by atoms with Gasteiger partial charge in [0.25, 0.3) is 0 Å². The molecular formula is C10H15N3O5S. The molecule has 0 spiro atoms. The zero-order valence-electron chi connectivity index (χ0n) is 10.5. The molecule has 0 atom stereocenters. The second kappa shape index (κ2) is 5.59. The highest BCUT2D eigenvalue weighted by molar-refractivity contribution is 7.89. The molecule has 0 aliphatic carbocycles. The van der Waals surface area contributed by atoms with Crippen LogP contribution in [0.1, 0.15) is 13.8 Å². The Morgan fingerprint density at radius 2 is 2.11 bits per heavy atom. The maximum atomic E-state index is 11.9. The van der Waals surface area contributed by atoms with Gasteiger partial charge in [-0.05, 0) is 16.0 Å². The van der Waals surface area contributed by atoms with Crippen LogP contribution in [0, 0.1) is 15.5 Å². The summed E-state index contributed by atoms with van der Waals surface area (Å²) in [5.41, 5.74) is -0.596. The molecule has 0 aromatic carbocycles. The first kappa shape index (κ1) is 15.5. The van der Waals surface area contributed by atoms with Crippen LogP contribution in [0.3, 0.4) is 0 Å². The van der Waals surface area contributed by atoms with E-state index in [9.17, 15) is 18.5 Å². The maximum Gasteiger partial charge on any atom is 0.363 e. The number of aliphatic hydroxyl groups is 1. The molecule has 0 bridgehead atoms. The number of hydrogen-bond donors (Lipinski definition) is 2. The van der Waals surface area contributed by atoms with Gasteiger partial charge in [0.2, 0.25) is 10.0 Å². The minimum atomic E-state index is -3.79. The fraction of sp³-hybridized carbons (Fsp3) is 0.500. The van der Waals surface area contributed by atoms with E-state index in [-0.39, 0.29) is 18.0 Å². The molecule has 0 unspecified atom stereocenters. The van der Waals surface area contributed by atoms with Crippen LogP contribution in [0.15, 0.2) is 23.2 Å². The van der Waals surface area contributed by atoms with Crippen LogP contribution in [0.25, 0.3) is 0 Å². The van der Waals surface area contributed by atoms with Gasteiger partial charge in [-0.15, -0.1) is 0 Å². The molecule has 0 saturated heterocycles. The molecular weight excluding hydrogens is 274 g/mol. The van der Waals surface area contributed by atoms with Gasteiger partial charge in [-0.1, -0.05) is 13.8 Å². The first-order valence-corrected chi connectivity index (χ1v) is 6.87. The standard InChI is InChI=1S/C10H15N3O5S/c1-10(2,7-14)6-12-19(17,18)8-3-4-9(11-5-8)13(15)16/h3-5,12,14H,6-7H2,1-2H3. The molecule has 0 saturated carbocycles. The van der Waals surface area contributed by atoms with E-state index in [1.807, 2.05) is 0 Å². The fourth-order valence-electron chi connectivity index (χ4n) is 1.07. The molecule has 8 nitrogen and oxygen atoms in total. The van der Waals surface area contributed by atoms with E-state index in [0.29, 0.717) is 0 Å². The minimum absolute atomic E-state index is 0.0445. The van der Waals surface area contributed by atoms with Crippen LogP contribution >= 0.6 is 0 Å². The number of aromatic nitrogens is 1. The Morgan fingerprint density at radius 1 is 1.47 bits per heavy atom. The van der Waals surface area contributed by atoms with Gasteiger partial charge in [-0.2, -0.15) is 0 Å². The summed E-state index contributed by atoms with van der Waals surface area (Å²) in [4.78, 5) is 13.0. The second-order valence-electron chi connectivity index (χ2n) is 4.76. The SMILES string of the molecule is CC(C)(CO)CNS(=O)(=O)c1ccc([N+](=O)[O-])nc1. The summed E-state index contributed by atoms with van der Waals surface area (Å²) in [5.74, 6) is -0.422. The summed E-state index contributed by atoms with van der Waals surface area (Å²) in [7, 11) is -3.79. The second-order valence-corrected chi connectivity index (χ2v) is 6.52. The Balaban J connectivity index is 2.86. The van der Waals surface area contributed by atoms with Gasteiger partial charge in [-0.3, -0.25) is 0 Å². The van der Waals surface area contributed by atoms with Crippen LogP contribution < -0.4 is 4.72 Å². The maximum absolute atomic E-state index is 11.9. The third-order valence-electron chi connectivity index (χ3n) is 2.39. The zero-order chi connectivity index (χ0) is 14.7. The average molecular weight is 289 g/mol. The molecule has 1 rings (SSSR count). The number of sulfonamides is 1. The lowest BCUT2D eigenvalue weighted by molar-refractivity contribution is -0.389. The predicted molar refractivity (Wildman–Crippen MR) is 66.9 cm³/mol. The Kier molecular flexibility index (Phi) is 4.56. The monoisotopic (exact) mass is 289 g/mol. The van der Waals surface area contributed by atoms with Crippen LogP contribution in [0.2, 0.25) is 0 Å². The van der Waals surface area contributed by atoms with Crippen LogP contribution in [-0.2, 0) is 10.0 Å². The summed E-state index contributed by atoms with van der Waals surface area (Å²) in [6.45, 7) is 3.27. The van der Waals surface area contributed by atoms with Crippen molar-refractivity contribution in [2.45, 2.75) is 18.7 Å². The van der Waals surface area contributed by atoms with E-state index in [1.165, 1.54) is 0 Å². The van der Waals surface area contributed by atoms with Crippen molar-refractivity contribution in [3.8, 4) is 0 Å². The third-order valence-corrected chi connectivity index (χ3v) is 3.77. The lowest BCUT2D eigenvalue weighted by atomic mass is 9.96. The Bertz CT molecular complexity index is 553. The molecule has 2 N–H and O–H groups in total. The van der Waals surface area contributed by atoms with Gasteiger partial charge in [0.1, 0.15) is 4.90 Å². The molecule has 9 heteroatoms. The summed E-state index contributed by atoms with van der Waals surface area (Å²) in [5, 5.41) is 19.4. The van der Waals surface area contributed by atoms with E-state index >= 15 is 0 Å². The van der Waals surface area contributed by atoms with Crippen molar-refractivity contribution in [2.75, 3.05) is 13.2 Å². The average Bonchev–Trinajstić information content (AvgIpc) is 2.37. The molecule has 1 aromatic heterocycles. The Labute approximate surface area is 110 Å². The molecule has 0 amide bonds. The number of rotatable bonds is 6. The van der Waals surface area contributed by atoms with Gasteiger partial charge < -0.3 is 15.2 Å². The van der Waals surface area contributed by atoms with E-state index in [0.717, 1.165) is 18.3 Å². The van der Waals surface area contributed by atoms with E-state index in [2.05, 4.69) is 9.71 Å². The number of aliphatic hydroxyl groups excluding tert-OH is 1. The van der Waals surface area contributed by atoms with Crippen molar-refractivity contribution in [3.05, 3.63) is 28.4 Å². The molecule has 0 radical (unpaired) electrons. The fourth-order valence-corrected chi connectivity index (χ4v) is 2.26. The highest BCUT2D eigenvalue weighted by atomic mass is 32.2. The summed E-state index contributed by atoms with van der Waals surface area (Å²) < 4.78 is 26.1. The van der Waals surface area contributed by atoms with Crippen molar-refractivity contribution < 1.29 is 18.4 Å². The van der Waals surface area contributed by atoms with Gasteiger partial charge in [-0.25, -0.2) is 13.1 Å². The van der Waals surface area contributed by atoms with Crippen molar-refractivity contribution in [1.29, 1.82) is 0 Å². The van der Waals surface area contributed by atoms with Crippen molar-refractivity contribution in [2.24, 2.45) is 5.41 Å². The lowest BCUT2D eigenvalue weighted by Gasteiger charge is -2.21. The van der Waals surface area contributed by atoms with Gasteiger partial charge in [0.15, 0.2) is 6.20 Å². The molecule has 0 aliphatic rings. The van der Waals surface area contributed by atoms with Crippen molar-refractivity contribution in [1.82, 2.24) is 9.71 Å². The van der Waals surface area contributed by atoms with Gasteiger partial charge in [0, 0.05) is 24.6 Å². The first-order valence-electron chi connectivity index (χ1n) is 5.39. The highest BCUT2D eigenvalue weighted by Crippen LogP contribution is 2.15. The van der Waals surface area contributed by atoms with Gasteiger partial charge >= 0.3 is 5.82 Å². The predicted octanol–water partition coefficient (Wildman–Crippen LogP) is 0.287. The summed E-state index contributed by atoms with van der Waals surface area (Å²) in [6, 6.07) is 2.13. The lowest BCUT2D eigenvalue weighted by Crippen LogP contribution is -2.36. The molecule has 0 fully saturated rings. The normalized spacial score (nSPS) is 12.4. The number of nitro groups is 1. The topological polar surface area (TPSA) is 122 Å². The largest absolute Gasteiger partial charge is 0.396 e. The van der Waals surface area contributed by atoms with Crippen molar-refractivity contribution >= 4 is 15.8 Å². The molecule has 19 heavy (non-hydrogen) atoms. The van der Waals surface area contributed by atoms with E-state index in [4.69, 9.17) is 5.11 Å². The van der Waals surface area contributed by atoms with Crippen LogP contribution in [0.4, 0.5) is 5.82 Å². The van der Waals surface area contributed by atoms with Crippen molar-refractivity contribution in [3.63, 3.8) is 0 Å². The highest BCUT2D eigenvalue weighted by Gasteiger charge is 2.23. The summed E-state index contributed by atoms with van der Waals surface area (Å²) in [6.07, 6.45) is 0.923. The number of pyridine rings is 1. The number of hydrogen-bond acceptors (Lipinski definition) is 6. The number of nitrogens with zero attached hydrogens (tertiary/aromatic N) is 2. The summed E-state index contributed by atoms with van der Waals surface area (Å²) >= 11 is 0. The van der Waals surface area contributed by atoms with Crippen LogP contribution in [-0.4, -0.2) is 36.6 Å². The smallest absolute Gasteiger partial charge is 0.363 e. The molecule has 0 aliphatic heterocycles. The molecule has 106 valence electrons. The molecule has 1 aromatic rings. The third kappa shape index (κ3) is 4.23. The molecule has 1 heterocycles. The van der Waals surface area contributed by atoms with Crippen LogP contribution in [0.5, 0.6) is 0 Å². The Morgan fingerprint density at radius 3 is 2.53 bits per heavy atom. The zero-order valence-corrected chi connectivity index (χ0v) is 11.3.